The third-order valence-corrected chi connectivity index (χ3v) is 12.2. The van der Waals surface area contributed by atoms with E-state index in [1.54, 1.807) is 36.7 Å². The molecule has 7 atom stereocenters. The van der Waals surface area contributed by atoms with Crippen molar-refractivity contribution in [1.29, 1.82) is 0 Å². The highest BCUT2D eigenvalue weighted by atomic mass is 32.2. The fraction of sp³-hybridized carbons (Fsp3) is 0.511. The zero-order valence-corrected chi connectivity index (χ0v) is 42.6. The van der Waals surface area contributed by atoms with Crippen LogP contribution in [0.5, 0.6) is 0 Å². The Bertz CT molecular complexity index is 2250. The molecule has 0 unspecified atom stereocenters. The van der Waals surface area contributed by atoms with E-state index < -0.39 is 109 Å². The van der Waals surface area contributed by atoms with Gasteiger partial charge in [0.2, 0.25) is 47.3 Å². The number of thioether (sulfide) groups is 1. The Morgan fingerprint density at radius 3 is 1.63 bits per heavy atom. The van der Waals surface area contributed by atoms with E-state index >= 15 is 0 Å². The number of aromatic amines is 1. The predicted octanol–water partition coefficient (Wildman–Crippen LogP) is 0.211. The summed E-state index contributed by atoms with van der Waals surface area (Å²) in [7, 11) is 0. The number of rotatable bonds is 30. The van der Waals surface area contributed by atoms with Gasteiger partial charge in [0, 0.05) is 41.4 Å². The van der Waals surface area contributed by atoms with Gasteiger partial charge >= 0.3 is 5.97 Å². The first-order valence-corrected chi connectivity index (χ1v) is 25.6. The van der Waals surface area contributed by atoms with Crippen LogP contribution in [0.25, 0.3) is 10.9 Å². The number of hydrogen-bond donors (Lipinski definition) is 13. The van der Waals surface area contributed by atoms with Crippen molar-refractivity contribution in [3.8, 4) is 0 Å². The van der Waals surface area contributed by atoms with Crippen LogP contribution < -0.4 is 48.3 Å². The van der Waals surface area contributed by atoms with Gasteiger partial charge in [-0.1, -0.05) is 76.2 Å². The van der Waals surface area contributed by atoms with Crippen LogP contribution in [0, 0.1) is 11.8 Å². The third-order valence-electron chi connectivity index (χ3n) is 10.8. The first-order valence-electron chi connectivity index (χ1n) is 22.9. The van der Waals surface area contributed by atoms with E-state index in [-0.39, 0.29) is 55.4 Å². The van der Waals surface area contributed by atoms with Crippen molar-refractivity contribution in [3.63, 3.8) is 0 Å². The number of nitrogens with one attached hydrogen (secondary N) is 9. The lowest BCUT2D eigenvalue weighted by Gasteiger charge is -2.26. The van der Waals surface area contributed by atoms with E-state index in [4.69, 9.17) is 5.73 Å². The van der Waals surface area contributed by atoms with Crippen LogP contribution in [0.15, 0.2) is 60.8 Å². The molecule has 20 nitrogen and oxygen atoms in total. The van der Waals surface area contributed by atoms with Crippen LogP contribution in [-0.4, -0.2) is 142 Å². The molecule has 0 spiro atoms. The fourth-order valence-corrected chi connectivity index (χ4v) is 8.02. The first kappa shape index (κ1) is 58.5. The quantitative estimate of drug-likeness (QED) is 0.0399. The Kier molecular flexibility index (Phi) is 25.1. The van der Waals surface area contributed by atoms with Gasteiger partial charge in [-0.3, -0.25) is 38.4 Å². The second-order valence-electron chi connectivity index (χ2n) is 17.5. The zero-order valence-electron chi connectivity index (χ0n) is 40.0. The van der Waals surface area contributed by atoms with Crippen molar-refractivity contribution < 1.29 is 48.3 Å². The number of hydrogen-bond acceptors (Lipinski definition) is 13. The molecule has 0 aliphatic carbocycles. The van der Waals surface area contributed by atoms with Crippen LogP contribution in [-0.2, 0) is 56.0 Å². The van der Waals surface area contributed by atoms with Crippen LogP contribution in [0.4, 0.5) is 0 Å². The van der Waals surface area contributed by atoms with Crippen LogP contribution in [0.2, 0.25) is 0 Å². The number of H-pyrrole nitrogens is 1. The number of aliphatic carboxylic acids is 1. The minimum Gasteiger partial charge on any atom is -0.480 e. The maximum absolute atomic E-state index is 14.3. The van der Waals surface area contributed by atoms with Gasteiger partial charge in [-0.25, -0.2) is 4.79 Å². The van der Waals surface area contributed by atoms with Crippen LogP contribution in [0.3, 0.4) is 0 Å². The van der Waals surface area contributed by atoms with Gasteiger partial charge in [0.25, 0.3) is 0 Å². The van der Waals surface area contributed by atoms with Crippen molar-refractivity contribution >= 4 is 101 Å². The molecule has 3 aromatic rings. The van der Waals surface area contributed by atoms with E-state index in [2.05, 4.69) is 72.8 Å². The van der Waals surface area contributed by atoms with Crippen LogP contribution in [0.1, 0.15) is 58.1 Å². The third kappa shape index (κ3) is 19.9. The number of carbonyl (C=O) groups is 9. The Balaban J connectivity index is 1.82. The highest BCUT2D eigenvalue weighted by Crippen LogP contribution is 2.20. The average Bonchev–Trinajstić information content (AvgIpc) is 3.73. The van der Waals surface area contributed by atoms with Crippen molar-refractivity contribution in [3.05, 3.63) is 71.9 Å². The molecule has 2 aromatic carbocycles. The van der Waals surface area contributed by atoms with Gasteiger partial charge in [-0.15, -0.1) is 0 Å². The van der Waals surface area contributed by atoms with Gasteiger partial charge in [0.15, 0.2) is 0 Å². The summed E-state index contributed by atoms with van der Waals surface area (Å²) in [5.74, 6) is -6.87. The molecule has 0 saturated carbocycles. The molecule has 3 rings (SSSR count). The summed E-state index contributed by atoms with van der Waals surface area (Å²) in [6, 6.07) is 8.18. The van der Waals surface area contributed by atoms with Crippen molar-refractivity contribution in [1.82, 2.24) is 47.5 Å². The number of aromatic nitrogens is 1. The van der Waals surface area contributed by atoms with Crippen molar-refractivity contribution in [2.75, 3.05) is 36.6 Å². The number of thiol groups is 2. The summed E-state index contributed by atoms with van der Waals surface area (Å²) in [6.45, 7) is 6.19. The summed E-state index contributed by atoms with van der Waals surface area (Å²) < 4.78 is 0. The van der Waals surface area contributed by atoms with Crippen molar-refractivity contribution in [2.45, 2.75) is 102 Å². The molecule has 384 valence electrons. The SMILES string of the molecule is CSCC[C@H](NC(=O)[C@H](CC(C)C)NC(=O)[C@H](Cc1c[nH]c2ccccc12)NC(=O)CNC(=O)[C@H](CC(C)C)NC(=O)[C@H](Cc1ccccc1)NC(=O)[C@@H](N)CS)C(=O)NCC(=O)N[C@@H](CS)C(=O)O. The molecular weight excluding hydrogens is 961 g/mol. The number of carboxylic acid groups (broad SMARTS) is 1. The topological polar surface area (TPSA) is 312 Å². The Morgan fingerprint density at radius 1 is 0.600 bits per heavy atom. The molecule has 1 heterocycles. The largest absolute Gasteiger partial charge is 0.480 e. The maximum atomic E-state index is 14.3. The molecule has 70 heavy (non-hydrogen) atoms. The van der Waals surface area contributed by atoms with E-state index in [0.29, 0.717) is 11.3 Å². The molecule has 8 amide bonds. The minimum absolute atomic E-state index is 0.0330. The molecule has 0 saturated heterocycles. The van der Waals surface area contributed by atoms with Gasteiger partial charge < -0.3 is 58.4 Å². The summed E-state index contributed by atoms with van der Waals surface area (Å²) >= 11 is 9.43. The number of amides is 8. The van der Waals surface area contributed by atoms with Gasteiger partial charge in [0.1, 0.15) is 36.3 Å². The normalized spacial score (nSPS) is 14.2. The molecule has 23 heteroatoms. The molecule has 1 aromatic heterocycles. The van der Waals surface area contributed by atoms with Gasteiger partial charge in [0.05, 0.1) is 19.1 Å². The zero-order chi connectivity index (χ0) is 51.9. The number of carbonyl (C=O) groups excluding carboxylic acids is 8. The number of nitrogens with two attached hydrogens (primary N) is 1. The monoisotopic (exact) mass is 1030 g/mol. The van der Waals surface area contributed by atoms with E-state index in [1.165, 1.54) is 11.8 Å². The second-order valence-corrected chi connectivity index (χ2v) is 19.2. The number of carboxylic acids is 1. The minimum atomic E-state index is -1.30. The molecule has 0 bridgehead atoms. The van der Waals surface area contributed by atoms with Gasteiger partial charge in [-0.05, 0) is 60.3 Å². The highest BCUT2D eigenvalue weighted by Gasteiger charge is 2.33. The molecular formula is C47H68N10O10S3. The lowest BCUT2D eigenvalue weighted by molar-refractivity contribution is -0.141. The highest BCUT2D eigenvalue weighted by molar-refractivity contribution is 7.98. The molecule has 0 radical (unpaired) electrons. The summed E-state index contributed by atoms with van der Waals surface area (Å²) in [5.41, 5.74) is 8.07. The fourth-order valence-electron chi connectivity index (χ4n) is 7.14. The number of fused-ring (bicyclic) bond motifs is 1. The smallest absolute Gasteiger partial charge is 0.327 e. The van der Waals surface area contributed by atoms with E-state index in [1.807, 2.05) is 58.0 Å². The maximum Gasteiger partial charge on any atom is 0.327 e. The number of benzene rings is 2. The van der Waals surface area contributed by atoms with E-state index in [0.717, 1.165) is 16.5 Å². The Morgan fingerprint density at radius 2 is 1.09 bits per heavy atom. The lowest BCUT2D eigenvalue weighted by atomic mass is 10.00. The number of para-hydroxylation sites is 1. The Labute approximate surface area is 423 Å². The molecule has 0 fully saturated rings. The summed E-state index contributed by atoms with van der Waals surface area (Å²) in [6.07, 6.45) is 4.01. The summed E-state index contributed by atoms with van der Waals surface area (Å²) in [5, 5.41) is 30.8. The first-order chi connectivity index (χ1) is 33.3. The van der Waals surface area contributed by atoms with Crippen molar-refractivity contribution in [2.24, 2.45) is 17.6 Å². The van der Waals surface area contributed by atoms with Gasteiger partial charge in [-0.2, -0.15) is 37.0 Å². The Hall–Kier alpha value is -5.78. The molecule has 0 aliphatic rings. The van der Waals surface area contributed by atoms with Crippen LogP contribution >= 0.6 is 37.0 Å². The predicted molar refractivity (Wildman–Crippen MR) is 275 cm³/mol. The standard InChI is InChI=1S/C47H68N10O10S3/c1-26(2)17-34(56-45(64)36(55-41(60)31(48)24-68)19-28-11-7-6-8-12-28)43(62)51-22-39(58)52-37(20-29-21-49-32-14-10-9-13-30(29)32)46(65)57-35(18-27(3)4)44(63)54-33(15-16-70-5)42(61)50-23-40(59)53-38(25-69)47(66)67/h6-14,21,26-27,31,33-38,49,68-69H,15-20,22-25,48H2,1-5H3,(H,50,61)(H,51,62)(H,52,58)(H,53,59)(H,54,63)(H,55,60)(H,56,64)(H,57,65)(H,66,67)/t31-,33-,34-,35-,36-,37-,38-/m0/s1. The lowest BCUT2D eigenvalue weighted by Crippen LogP contribution is -2.59. The van der Waals surface area contributed by atoms with E-state index in [9.17, 15) is 48.3 Å². The summed E-state index contributed by atoms with van der Waals surface area (Å²) in [4.78, 5) is 123. The molecule has 0 aliphatic heterocycles. The average molecular weight is 1030 g/mol. The second kappa shape index (κ2) is 30.1. The molecule has 12 N–H and O–H groups in total.